The summed E-state index contributed by atoms with van der Waals surface area (Å²) in [5.74, 6) is 1.76. The number of carbonyl (C=O) groups excluding carboxylic acids is 1. The number of hydrogen-bond donors (Lipinski definition) is 0. The van der Waals surface area contributed by atoms with Gasteiger partial charge < -0.3 is 4.74 Å². The Morgan fingerprint density at radius 2 is 2.07 bits per heavy atom. The molecule has 1 aromatic carbocycles. The molecule has 1 aliphatic heterocycles. The Bertz CT molecular complexity index is 434. The first kappa shape index (κ1) is 8.96. The van der Waals surface area contributed by atoms with Crippen LogP contribution in [0, 0.1) is 11.3 Å². The van der Waals surface area contributed by atoms with Crippen LogP contribution in [0.15, 0.2) is 24.3 Å². The summed E-state index contributed by atoms with van der Waals surface area (Å²) in [6.07, 6.45) is 0. The maximum Gasteiger partial charge on any atom is 0.146 e. The molecule has 0 aromatic heterocycles. The maximum atomic E-state index is 11.8. The second-order valence-corrected chi connectivity index (χ2v) is 5.02. The van der Waals surface area contributed by atoms with Crippen LogP contribution in [0.5, 0.6) is 5.75 Å². The van der Waals surface area contributed by atoms with Crippen molar-refractivity contribution in [1.29, 1.82) is 0 Å². The lowest BCUT2D eigenvalue weighted by Crippen LogP contribution is -2.56. The molecule has 0 amide bonds. The number of carbonyl (C=O) groups is 1. The van der Waals surface area contributed by atoms with Gasteiger partial charge in [-0.3, -0.25) is 4.79 Å². The number of para-hydroxylation sites is 1. The predicted octanol–water partition coefficient (Wildman–Crippen LogP) is 2.39. The third-order valence-corrected chi connectivity index (χ3v) is 3.82. The van der Waals surface area contributed by atoms with E-state index in [-0.39, 0.29) is 11.3 Å². The van der Waals surface area contributed by atoms with Gasteiger partial charge in [-0.15, -0.1) is 0 Å². The lowest BCUT2D eigenvalue weighted by Gasteiger charge is -2.52. The van der Waals surface area contributed by atoms with Crippen molar-refractivity contribution in [3.8, 4) is 5.75 Å². The van der Waals surface area contributed by atoms with E-state index in [1.54, 1.807) is 0 Å². The van der Waals surface area contributed by atoms with Gasteiger partial charge >= 0.3 is 0 Å². The molecule has 1 saturated carbocycles. The third kappa shape index (κ3) is 0.969. The van der Waals surface area contributed by atoms with E-state index in [1.807, 2.05) is 32.0 Å². The highest BCUT2D eigenvalue weighted by Crippen LogP contribution is 2.57. The van der Waals surface area contributed by atoms with Crippen LogP contribution >= 0.6 is 0 Å². The normalized spacial score (nSPS) is 30.9. The van der Waals surface area contributed by atoms with Gasteiger partial charge in [-0.1, -0.05) is 32.0 Å². The summed E-state index contributed by atoms with van der Waals surface area (Å²) in [5, 5.41) is 0. The van der Waals surface area contributed by atoms with Crippen LogP contribution in [0.2, 0.25) is 0 Å². The first-order valence-corrected chi connectivity index (χ1v) is 5.38. The summed E-state index contributed by atoms with van der Waals surface area (Å²) < 4.78 is 5.60. The number of rotatable bonds is 0. The summed E-state index contributed by atoms with van der Waals surface area (Å²) in [6, 6.07) is 8.07. The van der Waals surface area contributed by atoms with E-state index in [0.717, 1.165) is 5.75 Å². The van der Waals surface area contributed by atoms with E-state index in [2.05, 4.69) is 6.07 Å². The zero-order valence-electron chi connectivity index (χ0n) is 8.99. The van der Waals surface area contributed by atoms with Crippen LogP contribution in [0.4, 0.5) is 0 Å². The molecule has 0 saturated heterocycles. The lowest BCUT2D eigenvalue weighted by atomic mass is 9.52. The molecule has 78 valence electrons. The number of Topliss-reactive ketones (excluding diaryl/α,β-unsaturated/α-hetero) is 1. The molecule has 0 bridgehead atoms. The molecule has 15 heavy (non-hydrogen) atoms. The van der Waals surface area contributed by atoms with Crippen LogP contribution in [0.3, 0.4) is 0 Å². The fourth-order valence-corrected chi connectivity index (χ4v) is 3.02. The molecule has 3 rings (SSSR count). The lowest BCUT2D eigenvalue weighted by molar-refractivity contribution is -0.150. The summed E-state index contributed by atoms with van der Waals surface area (Å²) in [5.41, 5.74) is 1.00. The SMILES string of the molecule is CC1(C)C(=O)C2COc3ccccc3C21. The van der Waals surface area contributed by atoms with E-state index >= 15 is 0 Å². The Labute approximate surface area is 89.2 Å². The summed E-state index contributed by atoms with van der Waals surface area (Å²) in [7, 11) is 0. The number of fused-ring (bicyclic) bond motifs is 3. The highest BCUT2D eigenvalue weighted by Gasteiger charge is 2.58. The average Bonchev–Trinajstić information content (AvgIpc) is 2.26. The smallest absolute Gasteiger partial charge is 0.146 e. The van der Waals surface area contributed by atoms with Gasteiger partial charge in [-0.25, -0.2) is 0 Å². The predicted molar refractivity (Wildman–Crippen MR) is 57.0 cm³/mol. The van der Waals surface area contributed by atoms with Gasteiger partial charge in [0.15, 0.2) is 0 Å². The van der Waals surface area contributed by atoms with Gasteiger partial charge in [0.25, 0.3) is 0 Å². The molecule has 2 nitrogen and oxygen atoms in total. The number of ketones is 1. The molecule has 2 atom stereocenters. The third-order valence-electron chi connectivity index (χ3n) is 3.82. The van der Waals surface area contributed by atoms with Crippen molar-refractivity contribution in [2.24, 2.45) is 11.3 Å². The number of hydrogen-bond acceptors (Lipinski definition) is 2. The molecule has 2 aliphatic rings. The summed E-state index contributed by atoms with van der Waals surface area (Å²) in [4.78, 5) is 11.8. The van der Waals surface area contributed by atoms with Crippen molar-refractivity contribution in [1.82, 2.24) is 0 Å². The maximum absolute atomic E-state index is 11.8. The molecule has 1 fully saturated rings. The summed E-state index contributed by atoms with van der Waals surface area (Å²) in [6.45, 7) is 4.64. The quantitative estimate of drug-likeness (QED) is 0.645. The van der Waals surface area contributed by atoms with E-state index in [9.17, 15) is 4.79 Å². The van der Waals surface area contributed by atoms with Crippen molar-refractivity contribution in [2.45, 2.75) is 19.8 Å². The zero-order chi connectivity index (χ0) is 10.6. The van der Waals surface area contributed by atoms with Crippen molar-refractivity contribution >= 4 is 5.78 Å². The Balaban J connectivity index is 2.11. The van der Waals surface area contributed by atoms with Crippen molar-refractivity contribution in [2.75, 3.05) is 6.61 Å². The molecule has 2 unspecified atom stereocenters. The minimum atomic E-state index is -0.204. The topological polar surface area (TPSA) is 26.3 Å². The molecule has 1 heterocycles. The minimum absolute atomic E-state index is 0.0925. The number of benzene rings is 1. The minimum Gasteiger partial charge on any atom is -0.493 e. The second kappa shape index (κ2) is 2.63. The molecular weight excluding hydrogens is 188 g/mol. The van der Waals surface area contributed by atoms with E-state index in [0.29, 0.717) is 18.3 Å². The van der Waals surface area contributed by atoms with Crippen LogP contribution in [0.1, 0.15) is 25.3 Å². The largest absolute Gasteiger partial charge is 0.493 e. The van der Waals surface area contributed by atoms with E-state index in [4.69, 9.17) is 4.74 Å². The highest BCUT2D eigenvalue weighted by atomic mass is 16.5. The van der Waals surface area contributed by atoms with Gasteiger partial charge in [-0.2, -0.15) is 0 Å². The second-order valence-electron chi connectivity index (χ2n) is 5.02. The monoisotopic (exact) mass is 202 g/mol. The standard InChI is InChI=1S/C13H14O2/c1-13(2)11-8-5-3-4-6-10(8)15-7-9(11)12(13)14/h3-6,9,11H,7H2,1-2H3. The molecule has 0 N–H and O–H groups in total. The Hall–Kier alpha value is -1.31. The van der Waals surface area contributed by atoms with Crippen LogP contribution in [-0.2, 0) is 4.79 Å². The highest BCUT2D eigenvalue weighted by molar-refractivity contribution is 5.96. The van der Waals surface area contributed by atoms with Crippen LogP contribution in [0.25, 0.3) is 0 Å². The van der Waals surface area contributed by atoms with Crippen molar-refractivity contribution in [3.05, 3.63) is 29.8 Å². The Kier molecular flexibility index (Phi) is 1.57. The molecule has 0 spiro atoms. The van der Waals surface area contributed by atoms with Gasteiger partial charge in [0.05, 0.1) is 12.5 Å². The van der Waals surface area contributed by atoms with Gasteiger partial charge in [0, 0.05) is 11.3 Å². The van der Waals surface area contributed by atoms with Crippen molar-refractivity contribution < 1.29 is 9.53 Å². The van der Waals surface area contributed by atoms with Gasteiger partial charge in [0.2, 0.25) is 0 Å². The fraction of sp³-hybridized carbons (Fsp3) is 0.462. The van der Waals surface area contributed by atoms with Gasteiger partial charge in [-0.05, 0) is 11.6 Å². The molecular formula is C13H14O2. The molecule has 1 aromatic rings. The Morgan fingerprint density at radius 1 is 1.33 bits per heavy atom. The average molecular weight is 202 g/mol. The van der Waals surface area contributed by atoms with Gasteiger partial charge in [0.1, 0.15) is 11.5 Å². The molecule has 0 radical (unpaired) electrons. The first-order chi connectivity index (χ1) is 7.12. The van der Waals surface area contributed by atoms with Crippen LogP contribution in [-0.4, -0.2) is 12.4 Å². The van der Waals surface area contributed by atoms with E-state index < -0.39 is 0 Å². The van der Waals surface area contributed by atoms with E-state index in [1.165, 1.54) is 5.56 Å². The van der Waals surface area contributed by atoms with Crippen LogP contribution < -0.4 is 4.74 Å². The molecule has 2 heteroatoms. The van der Waals surface area contributed by atoms with Crippen molar-refractivity contribution in [3.63, 3.8) is 0 Å². The number of ether oxygens (including phenoxy) is 1. The zero-order valence-corrected chi connectivity index (χ0v) is 8.99. The first-order valence-electron chi connectivity index (χ1n) is 5.38. The molecule has 1 aliphatic carbocycles. The fourth-order valence-electron chi connectivity index (χ4n) is 3.02. The summed E-state index contributed by atoms with van der Waals surface area (Å²) >= 11 is 0. The Morgan fingerprint density at radius 3 is 2.87 bits per heavy atom.